The average molecular weight is 538 g/mol. The molecular weight excluding hydrogens is 506 g/mol. The molecule has 0 bridgehead atoms. The molecule has 0 unspecified atom stereocenters. The second kappa shape index (κ2) is 12.6. The molecule has 204 valence electrons. The molecule has 0 spiro atoms. The Bertz CT molecular complexity index is 1510. The predicted molar refractivity (Wildman–Crippen MR) is 155 cm³/mol. The maximum absolute atomic E-state index is 13.5. The van der Waals surface area contributed by atoms with Crippen LogP contribution in [0.25, 0.3) is 0 Å². The zero-order valence-corrected chi connectivity index (χ0v) is 22.5. The minimum atomic E-state index is -0.942. The van der Waals surface area contributed by atoms with Gasteiger partial charge in [-0.05, 0) is 79.6 Å². The van der Waals surface area contributed by atoms with Crippen LogP contribution in [-0.4, -0.2) is 36.0 Å². The maximum Gasteiger partial charge on any atom is 0.255 e. The molecule has 0 radical (unpaired) electrons. The highest BCUT2D eigenvalue weighted by molar-refractivity contribution is 6.10. The van der Waals surface area contributed by atoms with Crippen LogP contribution in [0, 0.1) is 13.8 Å². The van der Waals surface area contributed by atoms with E-state index in [9.17, 15) is 19.5 Å². The predicted octanol–water partition coefficient (Wildman–Crippen LogP) is 5.25. The first-order valence-corrected chi connectivity index (χ1v) is 12.7. The topological polar surface area (TPSA) is 117 Å². The fourth-order valence-corrected chi connectivity index (χ4v) is 4.21. The summed E-state index contributed by atoms with van der Waals surface area (Å²) < 4.78 is 5.14. The lowest BCUT2D eigenvalue weighted by atomic mass is 10.0. The van der Waals surface area contributed by atoms with E-state index in [0.717, 1.165) is 16.7 Å². The van der Waals surface area contributed by atoms with Gasteiger partial charge in [0.15, 0.2) is 0 Å². The molecule has 3 amide bonds. The van der Waals surface area contributed by atoms with Crippen LogP contribution in [0.5, 0.6) is 11.5 Å². The van der Waals surface area contributed by atoms with Crippen molar-refractivity contribution in [3.63, 3.8) is 0 Å². The van der Waals surface area contributed by atoms with Crippen LogP contribution in [0.1, 0.15) is 37.4 Å². The Morgan fingerprint density at radius 2 is 1.50 bits per heavy atom. The molecular formula is C32H31N3O5. The van der Waals surface area contributed by atoms with Crippen molar-refractivity contribution in [2.24, 2.45) is 0 Å². The number of aromatic hydroxyl groups is 1. The van der Waals surface area contributed by atoms with Crippen molar-refractivity contribution in [1.29, 1.82) is 0 Å². The first kappa shape index (κ1) is 27.9. The van der Waals surface area contributed by atoms with Crippen molar-refractivity contribution in [3.8, 4) is 11.5 Å². The van der Waals surface area contributed by atoms with Gasteiger partial charge in [-0.25, -0.2) is 0 Å². The number of para-hydroxylation sites is 1. The van der Waals surface area contributed by atoms with Gasteiger partial charge in [0.25, 0.3) is 11.8 Å². The van der Waals surface area contributed by atoms with E-state index in [0.29, 0.717) is 22.7 Å². The monoisotopic (exact) mass is 537 g/mol. The van der Waals surface area contributed by atoms with Crippen LogP contribution >= 0.6 is 0 Å². The third-order valence-electron chi connectivity index (χ3n) is 6.41. The Morgan fingerprint density at radius 3 is 2.17 bits per heavy atom. The molecule has 8 nitrogen and oxygen atoms in total. The van der Waals surface area contributed by atoms with Gasteiger partial charge >= 0.3 is 0 Å². The highest BCUT2D eigenvalue weighted by atomic mass is 16.5. The Morgan fingerprint density at radius 1 is 0.800 bits per heavy atom. The van der Waals surface area contributed by atoms with Gasteiger partial charge in [0.2, 0.25) is 5.91 Å². The van der Waals surface area contributed by atoms with Crippen LogP contribution in [0.3, 0.4) is 0 Å². The van der Waals surface area contributed by atoms with E-state index in [4.69, 9.17) is 4.74 Å². The third kappa shape index (κ3) is 7.05. The zero-order valence-electron chi connectivity index (χ0n) is 22.5. The van der Waals surface area contributed by atoms with Crippen LogP contribution in [-0.2, 0) is 11.2 Å². The zero-order chi connectivity index (χ0) is 28.6. The lowest BCUT2D eigenvalue weighted by Crippen LogP contribution is -2.45. The number of aryl methyl sites for hydroxylation is 2. The molecule has 4 rings (SSSR count). The number of ether oxygens (including phenoxy) is 1. The molecule has 0 saturated carbocycles. The second-order valence-electron chi connectivity index (χ2n) is 9.43. The fraction of sp³-hybridized carbons (Fsp3) is 0.156. The number of carbonyl (C=O) groups excluding carboxylic acids is 3. The Hall–Kier alpha value is -5.11. The van der Waals surface area contributed by atoms with Gasteiger partial charge in [-0.15, -0.1) is 0 Å². The molecule has 0 heterocycles. The summed E-state index contributed by atoms with van der Waals surface area (Å²) in [6.45, 7) is 3.87. The number of anilines is 2. The number of hydrogen-bond donors (Lipinski definition) is 4. The largest absolute Gasteiger partial charge is 0.508 e. The molecule has 8 heteroatoms. The van der Waals surface area contributed by atoms with Crippen molar-refractivity contribution in [2.45, 2.75) is 26.3 Å². The first-order chi connectivity index (χ1) is 19.2. The van der Waals surface area contributed by atoms with Crippen LogP contribution < -0.4 is 20.7 Å². The minimum Gasteiger partial charge on any atom is -0.508 e. The molecule has 1 atom stereocenters. The van der Waals surface area contributed by atoms with E-state index in [1.165, 1.54) is 12.1 Å². The lowest BCUT2D eigenvalue weighted by Gasteiger charge is -2.20. The summed E-state index contributed by atoms with van der Waals surface area (Å²) in [6.07, 6.45) is 0.184. The van der Waals surface area contributed by atoms with Crippen LogP contribution in [0.15, 0.2) is 91.0 Å². The molecule has 0 aliphatic heterocycles. The van der Waals surface area contributed by atoms with E-state index in [1.807, 2.05) is 32.0 Å². The van der Waals surface area contributed by atoms with Gasteiger partial charge in [0.1, 0.15) is 17.5 Å². The summed E-state index contributed by atoms with van der Waals surface area (Å²) in [4.78, 5) is 39.8. The molecule has 4 N–H and O–H groups in total. The fourth-order valence-electron chi connectivity index (χ4n) is 4.21. The number of benzene rings is 4. The van der Waals surface area contributed by atoms with Crippen molar-refractivity contribution in [3.05, 3.63) is 119 Å². The van der Waals surface area contributed by atoms with Gasteiger partial charge in [-0.1, -0.05) is 42.0 Å². The standard InChI is InChI=1S/C32H31N3O5/c1-20-8-17-27(21(2)18-20)33-32(39)29(19-22-9-13-24(36)14-10-22)35-31(38)26-6-4-5-7-28(26)34-30(37)23-11-15-25(40-3)16-12-23/h4-18,29,36H,19H2,1-3H3,(H,33,39)(H,34,37)(H,35,38)/t29-/m0/s1. The number of carbonyl (C=O) groups is 3. The van der Waals surface area contributed by atoms with E-state index < -0.39 is 23.8 Å². The van der Waals surface area contributed by atoms with Crippen LogP contribution in [0.4, 0.5) is 11.4 Å². The Labute approximate surface area is 233 Å². The van der Waals surface area contributed by atoms with Gasteiger partial charge in [-0.2, -0.15) is 0 Å². The molecule has 4 aromatic rings. The molecule has 0 fully saturated rings. The summed E-state index contributed by atoms with van der Waals surface area (Å²) >= 11 is 0. The number of amides is 3. The number of nitrogens with one attached hydrogen (secondary N) is 3. The molecule has 0 saturated heterocycles. The van der Waals surface area contributed by atoms with Gasteiger partial charge in [0.05, 0.1) is 18.4 Å². The SMILES string of the molecule is COc1ccc(C(=O)Nc2ccccc2C(=O)N[C@@H](Cc2ccc(O)cc2)C(=O)Nc2ccc(C)cc2C)cc1. The smallest absolute Gasteiger partial charge is 0.255 e. The van der Waals surface area contributed by atoms with E-state index in [-0.39, 0.29) is 17.7 Å². The van der Waals surface area contributed by atoms with E-state index >= 15 is 0 Å². The average Bonchev–Trinajstić information content (AvgIpc) is 2.95. The highest BCUT2D eigenvalue weighted by Gasteiger charge is 2.24. The van der Waals surface area contributed by atoms with Crippen molar-refractivity contribution >= 4 is 29.1 Å². The van der Waals surface area contributed by atoms with Crippen molar-refractivity contribution < 1.29 is 24.2 Å². The van der Waals surface area contributed by atoms with Crippen molar-refractivity contribution in [2.75, 3.05) is 17.7 Å². The van der Waals surface area contributed by atoms with Crippen LogP contribution in [0.2, 0.25) is 0 Å². The summed E-state index contributed by atoms with van der Waals surface area (Å²) in [7, 11) is 1.54. The molecule has 4 aromatic carbocycles. The Balaban J connectivity index is 1.56. The minimum absolute atomic E-state index is 0.102. The van der Waals surface area contributed by atoms with Gasteiger partial charge in [0, 0.05) is 17.7 Å². The first-order valence-electron chi connectivity index (χ1n) is 12.7. The summed E-state index contributed by atoms with van der Waals surface area (Å²) in [6, 6.07) is 24.4. The lowest BCUT2D eigenvalue weighted by molar-refractivity contribution is -0.118. The molecule has 0 aliphatic carbocycles. The van der Waals surface area contributed by atoms with E-state index in [2.05, 4.69) is 16.0 Å². The normalized spacial score (nSPS) is 11.3. The highest BCUT2D eigenvalue weighted by Crippen LogP contribution is 2.20. The summed E-state index contributed by atoms with van der Waals surface area (Å²) in [5.74, 6) is -0.588. The van der Waals surface area contributed by atoms with Gasteiger partial charge < -0.3 is 25.8 Å². The number of methoxy groups -OCH3 is 1. The molecule has 40 heavy (non-hydrogen) atoms. The van der Waals surface area contributed by atoms with Gasteiger partial charge in [-0.3, -0.25) is 14.4 Å². The van der Waals surface area contributed by atoms with Crippen molar-refractivity contribution in [1.82, 2.24) is 5.32 Å². The number of hydrogen-bond acceptors (Lipinski definition) is 5. The Kier molecular flexibility index (Phi) is 8.81. The number of phenols is 1. The quantitative estimate of drug-likeness (QED) is 0.233. The second-order valence-corrected chi connectivity index (χ2v) is 9.43. The molecule has 0 aromatic heterocycles. The third-order valence-corrected chi connectivity index (χ3v) is 6.41. The van der Waals surface area contributed by atoms with E-state index in [1.54, 1.807) is 67.8 Å². The summed E-state index contributed by atoms with van der Waals surface area (Å²) in [5.41, 5.74) is 4.27. The molecule has 0 aliphatic rings. The number of phenolic OH excluding ortho intramolecular Hbond substituents is 1. The summed E-state index contributed by atoms with van der Waals surface area (Å²) in [5, 5.41) is 18.2. The maximum atomic E-state index is 13.5. The number of rotatable bonds is 9.